The molecule has 0 aliphatic heterocycles. The quantitative estimate of drug-likeness (QED) is 0.178. The van der Waals surface area contributed by atoms with Gasteiger partial charge in [0.25, 0.3) is 0 Å². The van der Waals surface area contributed by atoms with E-state index in [2.05, 4.69) is 155 Å². The summed E-state index contributed by atoms with van der Waals surface area (Å²) in [5.41, 5.74) is 11.2. The minimum atomic E-state index is 0.674. The highest BCUT2D eigenvalue weighted by atomic mass is 16.3. The predicted octanol–water partition coefficient (Wildman–Crippen LogP) is 12.7. The van der Waals surface area contributed by atoms with Gasteiger partial charge in [-0.25, -0.2) is 9.67 Å². The molecule has 4 aromatic heterocycles. The third-order valence-corrected chi connectivity index (χ3v) is 11.1. The fourth-order valence-electron chi connectivity index (χ4n) is 8.77. The van der Waals surface area contributed by atoms with Crippen molar-refractivity contribution in [1.82, 2.24) is 23.9 Å². The van der Waals surface area contributed by atoms with E-state index in [1.165, 1.54) is 16.2 Å². The van der Waals surface area contributed by atoms with Crippen molar-refractivity contribution in [2.24, 2.45) is 0 Å². The molecular formula is C50H31N5O. The topological polar surface area (TPSA) is 53.7 Å². The van der Waals surface area contributed by atoms with E-state index in [1.807, 2.05) is 47.1 Å². The standard InChI is InChI=1S/C50H31N5O/c1-3-16-32(17-4-1)49-51-50(55(52-49)33-18-5-2-6-19-33)38-24-15-23-35-34-20-7-10-25-39(34)54(48(35)38)42-28-13-12-27-41(42)53-40-26-11-8-21-36(40)46-43(53)30-31-45-47(46)37-22-9-14-29-44(37)56-45/h1-31H. The summed E-state index contributed by atoms with van der Waals surface area (Å²) >= 11 is 0. The monoisotopic (exact) mass is 717 g/mol. The normalized spacial score (nSPS) is 11.9. The molecule has 0 aliphatic rings. The lowest BCUT2D eigenvalue weighted by atomic mass is 10.1. The number of furan rings is 1. The van der Waals surface area contributed by atoms with Gasteiger partial charge in [-0.2, -0.15) is 0 Å². The van der Waals surface area contributed by atoms with Gasteiger partial charge in [0, 0.05) is 43.4 Å². The van der Waals surface area contributed by atoms with Crippen molar-refractivity contribution in [2.45, 2.75) is 0 Å². The fourth-order valence-corrected chi connectivity index (χ4v) is 8.77. The molecule has 6 heteroatoms. The summed E-state index contributed by atoms with van der Waals surface area (Å²) in [6.07, 6.45) is 0. The van der Waals surface area contributed by atoms with Crippen LogP contribution in [0, 0.1) is 0 Å². The lowest BCUT2D eigenvalue weighted by Crippen LogP contribution is -2.05. The van der Waals surface area contributed by atoms with E-state index in [4.69, 9.17) is 14.5 Å². The Bertz CT molecular complexity index is 3480. The zero-order valence-electron chi connectivity index (χ0n) is 30.0. The number of aromatic nitrogens is 5. The molecule has 56 heavy (non-hydrogen) atoms. The van der Waals surface area contributed by atoms with E-state index < -0.39 is 0 Å². The minimum Gasteiger partial charge on any atom is -0.456 e. The van der Waals surface area contributed by atoms with E-state index in [0.29, 0.717) is 5.82 Å². The van der Waals surface area contributed by atoms with Gasteiger partial charge in [-0.15, -0.1) is 5.10 Å². The van der Waals surface area contributed by atoms with Gasteiger partial charge in [-0.1, -0.05) is 127 Å². The van der Waals surface area contributed by atoms with Crippen LogP contribution in [0.5, 0.6) is 0 Å². The number of hydrogen-bond donors (Lipinski definition) is 0. The first-order valence-electron chi connectivity index (χ1n) is 18.9. The fraction of sp³-hybridized carbons (Fsp3) is 0. The Balaban J connectivity index is 1.19. The maximum atomic E-state index is 6.40. The largest absolute Gasteiger partial charge is 0.456 e. The van der Waals surface area contributed by atoms with Gasteiger partial charge in [0.2, 0.25) is 0 Å². The zero-order chi connectivity index (χ0) is 36.7. The molecule has 0 spiro atoms. The molecule has 0 saturated heterocycles. The van der Waals surface area contributed by atoms with E-state index in [-0.39, 0.29) is 0 Å². The van der Waals surface area contributed by atoms with Crippen molar-refractivity contribution in [3.8, 4) is 39.8 Å². The average molecular weight is 718 g/mol. The van der Waals surface area contributed by atoms with E-state index in [9.17, 15) is 0 Å². The molecule has 0 N–H and O–H groups in total. The number of para-hydroxylation sites is 7. The van der Waals surface area contributed by atoms with Crippen LogP contribution in [0.1, 0.15) is 0 Å². The number of fused-ring (bicyclic) bond motifs is 10. The van der Waals surface area contributed by atoms with Crippen LogP contribution in [0.25, 0.3) is 105 Å². The van der Waals surface area contributed by atoms with Crippen molar-refractivity contribution in [1.29, 1.82) is 0 Å². The average Bonchev–Trinajstić information content (AvgIpc) is 4.04. The highest BCUT2D eigenvalue weighted by Gasteiger charge is 2.25. The van der Waals surface area contributed by atoms with Gasteiger partial charge < -0.3 is 13.6 Å². The molecule has 6 nitrogen and oxygen atoms in total. The molecule has 4 heterocycles. The Morgan fingerprint density at radius 3 is 1.84 bits per heavy atom. The smallest absolute Gasteiger partial charge is 0.182 e. The Labute approximate surface area is 320 Å². The first kappa shape index (κ1) is 30.7. The van der Waals surface area contributed by atoms with Crippen LogP contribution in [-0.2, 0) is 0 Å². The number of rotatable bonds is 5. The molecule has 262 valence electrons. The van der Waals surface area contributed by atoms with Crippen molar-refractivity contribution in [3.05, 3.63) is 188 Å². The van der Waals surface area contributed by atoms with Crippen LogP contribution >= 0.6 is 0 Å². The van der Waals surface area contributed by atoms with Crippen LogP contribution < -0.4 is 0 Å². The molecule has 0 aliphatic carbocycles. The molecule has 0 unspecified atom stereocenters. The summed E-state index contributed by atoms with van der Waals surface area (Å²) in [4.78, 5) is 5.31. The van der Waals surface area contributed by atoms with Gasteiger partial charge in [0.15, 0.2) is 11.6 Å². The third kappa shape index (κ3) is 4.38. The van der Waals surface area contributed by atoms with Gasteiger partial charge in [0.05, 0.1) is 39.1 Å². The summed E-state index contributed by atoms with van der Waals surface area (Å²) in [5.74, 6) is 1.45. The molecular weight excluding hydrogens is 687 g/mol. The van der Waals surface area contributed by atoms with Crippen LogP contribution in [0.4, 0.5) is 0 Å². The number of hydrogen-bond acceptors (Lipinski definition) is 3. The van der Waals surface area contributed by atoms with Crippen molar-refractivity contribution < 1.29 is 4.42 Å². The summed E-state index contributed by atoms with van der Waals surface area (Å²) < 4.78 is 13.2. The summed E-state index contributed by atoms with van der Waals surface area (Å²) in [6.45, 7) is 0. The Kier molecular flexibility index (Phi) is 6.53. The zero-order valence-corrected chi connectivity index (χ0v) is 30.0. The number of benzene rings is 8. The Hall–Kier alpha value is -7.70. The molecule has 0 fully saturated rings. The van der Waals surface area contributed by atoms with Crippen molar-refractivity contribution in [3.63, 3.8) is 0 Å². The van der Waals surface area contributed by atoms with E-state index >= 15 is 0 Å². The van der Waals surface area contributed by atoms with Gasteiger partial charge in [-0.3, -0.25) is 0 Å². The van der Waals surface area contributed by atoms with E-state index in [0.717, 1.165) is 83.4 Å². The predicted molar refractivity (Wildman–Crippen MR) is 228 cm³/mol. The van der Waals surface area contributed by atoms with Crippen LogP contribution in [0.15, 0.2) is 192 Å². The second kappa shape index (κ2) is 11.9. The first-order valence-corrected chi connectivity index (χ1v) is 18.9. The first-order chi connectivity index (χ1) is 27.8. The van der Waals surface area contributed by atoms with Gasteiger partial charge in [0.1, 0.15) is 11.2 Å². The highest BCUT2D eigenvalue weighted by molar-refractivity contribution is 6.27. The minimum absolute atomic E-state index is 0.674. The molecule has 0 radical (unpaired) electrons. The second-order valence-electron chi connectivity index (χ2n) is 14.2. The van der Waals surface area contributed by atoms with Crippen molar-refractivity contribution in [2.75, 3.05) is 0 Å². The van der Waals surface area contributed by atoms with Crippen molar-refractivity contribution >= 4 is 65.6 Å². The molecule has 0 bridgehead atoms. The van der Waals surface area contributed by atoms with Crippen LogP contribution in [0.3, 0.4) is 0 Å². The Morgan fingerprint density at radius 1 is 0.411 bits per heavy atom. The summed E-state index contributed by atoms with van der Waals surface area (Å²) in [7, 11) is 0. The second-order valence-corrected chi connectivity index (χ2v) is 14.2. The maximum absolute atomic E-state index is 6.40. The lowest BCUT2D eigenvalue weighted by Gasteiger charge is -2.18. The molecule has 12 aromatic rings. The third-order valence-electron chi connectivity index (χ3n) is 11.1. The number of nitrogens with zero attached hydrogens (tertiary/aromatic N) is 5. The van der Waals surface area contributed by atoms with Crippen LogP contribution in [0.2, 0.25) is 0 Å². The summed E-state index contributed by atoms with van der Waals surface area (Å²) in [5, 5.41) is 12.1. The highest BCUT2D eigenvalue weighted by Crippen LogP contribution is 2.44. The Morgan fingerprint density at radius 2 is 1.04 bits per heavy atom. The molecule has 0 atom stereocenters. The molecule has 0 saturated carbocycles. The molecule has 8 aromatic carbocycles. The van der Waals surface area contributed by atoms with Gasteiger partial charge in [-0.05, 0) is 60.7 Å². The molecule has 12 rings (SSSR count). The van der Waals surface area contributed by atoms with Crippen LogP contribution in [-0.4, -0.2) is 23.9 Å². The van der Waals surface area contributed by atoms with E-state index in [1.54, 1.807) is 0 Å². The summed E-state index contributed by atoms with van der Waals surface area (Å²) in [6, 6.07) is 65.9. The lowest BCUT2D eigenvalue weighted by molar-refractivity contribution is 0.669. The maximum Gasteiger partial charge on any atom is 0.182 e. The van der Waals surface area contributed by atoms with Gasteiger partial charge >= 0.3 is 0 Å². The molecule has 0 amide bonds. The SMILES string of the molecule is c1ccc(-c2nc(-c3cccc4c5ccccc5n(-c5ccccc5-n5c6ccccc6c6c7c(ccc65)oc5ccccc57)c34)n(-c3ccccc3)n2)cc1.